The summed E-state index contributed by atoms with van der Waals surface area (Å²) in [6, 6.07) is 0. The molecule has 0 aliphatic carbocycles. The van der Waals surface area contributed by atoms with Crippen LogP contribution < -0.4 is 0 Å². The minimum Gasteiger partial charge on any atom is -0.369 e. The summed E-state index contributed by atoms with van der Waals surface area (Å²) in [5.74, 6) is -0.00579. The van der Waals surface area contributed by atoms with Crippen molar-refractivity contribution < 1.29 is 17.3 Å². The van der Waals surface area contributed by atoms with Crippen LogP contribution >= 0.6 is 0 Å². The molecule has 0 spiro atoms. The molecule has 1 fully saturated rings. The summed E-state index contributed by atoms with van der Waals surface area (Å²) in [6.45, 7) is 3.98. The third kappa shape index (κ3) is 3.08. The number of hydrogen-bond donors (Lipinski definition) is 0. The molecule has 0 saturated carbocycles. The summed E-state index contributed by atoms with van der Waals surface area (Å²) in [6.07, 6.45) is 0.636. The zero-order chi connectivity index (χ0) is 9.19. The first kappa shape index (κ1) is 9.95. The van der Waals surface area contributed by atoms with Crippen LogP contribution in [0.5, 0.6) is 0 Å². The van der Waals surface area contributed by atoms with Gasteiger partial charge in [-0.05, 0) is 13.3 Å². The maximum absolute atomic E-state index is 11.1. The first-order valence-corrected chi connectivity index (χ1v) is 5.65. The highest BCUT2D eigenvalue weighted by Crippen LogP contribution is 2.22. The Morgan fingerprint density at radius 2 is 2.08 bits per heavy atom. The second-order valence-corrected chi connectivity index (χ2v) is 4.61. The van der Waals surface area contributed by atoms with Gasteiger partial charge in [-0.15, -0.1) is 0 Å². The molecule has 4 nitrogen and oxygen atoms in total. The SMILES string of the molecule is CCCOS(=O)(=O)CC1OC1C. The molecule has 5 heteroatoms. The first-order chi connectivity index (χ1) is 5.55. The lowest BCUT2D eigenvalue weighted by atomic mass is 10.4. The Morgan fingerprint density at radius 1 is 1.50 bits per heavy atom. The van der Waals surface area contributed by atoms with Gasteiger partial charge in [-0.2, -0.15) is 8.42 Å². The van der Waals surface area contributed by atoms with Gasteiger partial charge >= 0.3 is 0 Å². The topological polar surface area (TPSA) is 55.9 Å². The molecule has 1 rings (SSSR count). The van der Waals surface area contributed by atoms with E-state index in [1.807, 2.05) is 13.8 Å². The van der Waals surface area contributed by atoms with Crippen LogP contribution in [0.1, 0.15) is 20.3 Å². The third-order valence-corrected chi connectivity index (χ3v) is 2.93. The Morgan fingerprint density at radius 3 is 2.50 bits per heavy atom. The second kappa shape index (κ2) is 3.72. The van der Waals surface area contributed by atoms with Crippen LogP contribution in [0, 0.1) is 0 Å². The van der Waals surface area contributed by atoms with Gasteiger partial charge in [0.15, 0.2) is 0 Å². The van der Waals surface area contributed by atoms with E-state index >= 15 is 0 Å². The average Bonchev–Trinajstić information content (AvgIpc) is 2.61. The van der Waals surface area contributed by atoms with E-state index in [2.05, 4.69) is 4.18 Å². The molecule has 0 radical (unpaired) electrons. The smallest absolute Gasteiger partial charge is 0.269 e. The highest BCUT2D eigenvalue weighted by Gasteiger charge is 2.38. The van der Waals surface area contributed by atoms with Crippen molar-refractivity contribution in [2.75, 3.05) is 12.4 Å². The van der Waals surface area contributed by atoms with Crippen molar-refractivity contribution in [2.24, 2.45) is 0 Å². The van der Waals surface area contributed by atoms with E-state index < -0.39 is 10.1 Å². The zero-order valence-electron chi connectivity index (χ0n) is 7.32. The fourth-order valence-electron chi connectivity index (χ4n) is 0.865. The number of ether oxygens (including phenoxy) is 1. The summed E-state index contributed by atoms with van der Waals surface area (Å²) in [4.78, 5) is 0. The van der Waals surface area contributed by atoms with Crippen LogP contribution in [0.25, 0.3) is 0 Å². The fraction of sp³-hybridized carbons (Fsp3) is 1.00. The van der Waals surface area contributed by atoms with Crippen molar-refractivity contribution >= 4 is 10.1 Å². The Hall–Kier alpha value is -0.130. The van der Waals surface area contributed by atoms with Crippen molar-refractivity contribution in [3.05, 3.63) is 0 Å². The predicted molar refractivity (Wildman–Crippen MR) is 44.4 cm³/mol. The summed E-state index contributed by atoms with van der Waals surface area (Å²) < 4.78 is 31.8. The largest absolute Gasteiger partial charge is 0.369 e. The van der Waals surface area contributed by atoms with Gasteiger partial charge in [-0.3, -0.25) is 4.18 Å². The predicted octanol–water partition coefficient (Wildman–Crippen LogP) is 0.530. The molecule has 0 aromatic rings. The molecular weight excluding hydrogens is 180 g/mol. The molecule has 1 aliphatic rings. The van der Waals surface area contributed by atoms with E-state index in [1.54, 1.807) is 0 Å². The van der Waals surface area contributed by atoms with Gasteiger partial charge in [0.2, 0.25) is 0 Å². The van der Waals surface area contributed by atoms with Gasteiger partial charge in [-0.25, -0.2) is 0 Å². The summed E-state index contributed by atoms with van der Waals surface area (Å²) >= 11 is 0. The minimum atomic E-state index is -3.34. The van der Waals surface area contributed by atoms with Gasteiger partial charge in [0.25, 0.3) is 10.1 Å². The van der Waals surface area contributed by atoms with Crippen molar-refractivity contribution in [3.8, 4) is 0 Å². The highest BCUT2D eigenvalue weighted by atomic mass is 32.2. The molecule has 1 aliphatic heterocycles. The minimum absolute atomic E-state index is 0.00579. The Kier molecular flexibility index (Phi) is 3.09. The van der Waals surface area contributed by atoms with E-state index in [4.69, 9.17) is 4.74 Å². The van der Waals surface area contributed by atoms with Gasteiger partial charge in [0.05, 0.1) is 12.7 Å². The van der Waals surface area contributed by atoms with Crippen molar-refractivity contribution in [3.63, 3.8) is 0 Å². The molecule has 0 bridgehead atoms. The molecule has 1 heterocycles. The highest BCUT2D eigenvalue weighted by molar-refractivity contribution is 7.86. The van der Waals surface area contributed by atoms with Gasteiger partial charge < -0.3 is 4.74 Å². The Balaban J connectivity index is 2.28. The first-order valence-electron chi connectivity index (χ1n) is 4.07. The van der Waals surface area contributed by atoms with Crippen LogP contribution in [0.3, 0.4) is 0 Å². The second-order valence-electron chi connectivity index (χ2n) is 2.93. The van der Waals surface area contributed by atoms with E-state index in [-0.39, 0.29) is 24.6 Å². The molecule has 12 heavy (non-hydrogen) atoms. The van der Waals surface area contributed by atoms with Crippen LogP contribution in [-0.4, -0.2) is 33.0 Å². The van der Waals surface area contributed by atoms with Crippen molar-refractivity contribution in [1.82, 2.24) is 0 Å². The third-order valence-electron chi connectivity index (χ3n) is 1.67. The summed E-state index contributed by atoms with van der Waals surface area (Å²) in [5.41, 5.74) is 0. The van der Waals surface area contributed by atoms with Crippen molar-refractivity contribution in [2.45, 2.75) is 32.5 Å². The molecule has 1 saturated heterocycles. The van der Waals surface area contributed by atoms with E-state index in [9.17, 15) is 8.42 Å². The molecule has 0 N–H and O–H groups in total. The van der Waals surface area contributed by atoms with Crippen LogP contribution in [0.4, 0.5) is 0 Å². The van der Waals surface area contributed by atoms with Gasteiger partial charge in [0.1, 0.15) is 11.9 Å². The average molecular weight is 194 g/mol. The molecule has 72 valence electrons. The van der Waals surface area contributed by atoms with Crippen LogP contribution in [0.15, 0.2) is 0 Å². The van der Waals surface area contributed by atoms with Gasteiger partial charge in [0, 0.05) is 0 Å². The maximum atomic E-state index is 11.1. The molecule has 2 atom stereocenters. The summed E-state index contributed by atoms with van der Waals surface area (Å²) in [7, 11) is -3.34. The Bertz CT molecular complexity index is 234. The number of epoxide rings is 1. The quantitative estimate of drug-likeness (QED) is 0.473. The maximum Gasteiger partial charge on any atom is 0.269 e. The Labute approximate surface area is 73.0 Å². The number of hydrogen-bond acceptors (Lipinski definition) is 4. The monoisotopic (exact) mass is 194 g/mol. The lowest BCUT2D eigenvalue weighted by molar-refractivity contribution is 0.313. The normalized spacial score (nSPS) is 28.8. The van der Waals surface area contributed by atoms with E-state index in [0.717, 1.165) is 0 Å². The fourth-order valence-corrected chi connectivity index (χ4v) is 2.13. The zero-order valence-corrected chi connectivity index (χ0v) is 8.13. The van der Waals surface area contributed by atoms with Crippen molar-refractivity contribution in [1.29, 1.82) is 0 Å². The number of rotatable bonds is 5. The molecule has 0 amide bonds. The van der Waals surface area contributed by atoms with E-state index in [0.29, 0.717) is 6.42 Å². The molecule has 2 unspecified atom stereocenters. The molecule has 0 aromatic heterocycles. The standard InChI is InChI=1S/C7H14O4S/c1-3-4-10-12(8,9)5-7-6(2)11-7/h6-7H,3-5H2,1-2H3. The lowest BCUT2D eigenvalue weighted by Crippen LogP contribution is -2.16. The molecular formula is C7H14O4S. The van der Waals surface area contributed by atoms with Crippen LogP contribution in [-0.2, 0) is 19.0 Å². The van der Waals surface area contributed by atoms with Gasteiger partial charge in [-0.1, -0.05) is 6.92 Å². The van der Waals surface area contributed by atoms with Crippen LogP contribution in [0.2, 0.25) is 0 Å². The summed E-state index contributed by atoms with van der Waals surface area (Å²) in [5, 5.41) is 0. The van der Waals surface area contributed by atoms with E-state index in [1.165, 1.54) is 0 Å². The molecule has 0 aromatic carbocycles. The lowest BCUT2D eigenvalue weighted by Gasteiger charge is -2.00.